The number of hydrogen-bond acceptors (Lipinski definition) is 1. The van der Waals surface area contributed by atoms with Crippen molar-refractivity contribution in [2.24, 2.45) is 0 Å². The molecule has 2 nitrogen and oxygen atoms in total. The van der Waals surface area contributed by atoms with Gasteiger partial charge in [-0.3, -0.25) is 0 Å². The van der Waals surface area contributed by atoms with Crippen LogP contribution in [0.15, 0.2) is 60.8 Å². The Balaban J connectivity index is 3.50. The van der Waals surface area contributed by atoms with Gasteiger partial charge in [-0.15, -0.1) is 0 Å². The van der Waals surface area contributed by atoms with Crippen molar-refractivity contribution in [2.45, 2.75) is 58.3 Å². The first-order valence-electron chi connectivity index (χ1n) is 8.31. The van der Waals surface area contributed by atoms with E-state index in [0.29, 0.717) is 0 Å². The number of allylic oxidation sites excluding steroid dienone is 9. The quantitative estimate of drug-likeness (QED) is 0.238. The highest BCUT2D eigenvalue weighted by Gasteiger charge is 1.88. The van der Waals surface area contributed by atoms with E-state index in [0.717, 1.165) is 12.5 Å². The first-order chi connectivity index (χ1) is 10.8. The van der Waals surface area contributed by atoms with Crippen LogP contribution in [0.3, 0.4) is 0 Å². The lowest BCUT2D eigenvalue weighted by molar-refractivity contribution is -0.137. The van der Waals surface area contributed by atoms with Crippen molar-refractivity contribution in [1.29, 1.82) is 0 Å². The molecule has 0 atom stereocenters. The van der Waals surface area contributed by atoms with Crippen LogP contribution < -0.4 is 0 Å². The van der Waals surface area contributed by atoms with E-state index in [2.05, 4.69) is 19.1 Å². The van der Waals surface area contributed by atoms with Crippen LogP contribution in [0.4, 0.5) is 0 Å². The third-order valence-corrected chi connectivity index (χ3v) is 3.12. The molecule has 2 heteroatoms. The van der Waals surface area contributed by atoms with Crippen LogP contribution >= 0.6 is 0 Å². The number of unbranched alkanes of at least 4 members (excludes halogenated alkanes) is 7. The van der Waals surface area contributed by atoms with Crippen molar-refractivity contribution < 1.29 is 9.90 Å². The first-order valence-corrected chi connectivity index (χ1v) is 8.31. The second-order valence-corrected chi connectivity index (χ2v) is 5.17. The zero-order valence-corrected chi connectivity index (χ0v) is 13.7. The molecule has 0 aliphatic rings. The van der Waals surface area contributed by atoms with Gasteiger partial charge < -0.3 is 0 Å². The van der Waals surface area contributed by atoms with E-state index >= 15 is 0 Å². The molecule has 0 aromatic heterocycles. The van der Waals surface area contributed by atoms with Crippen LogP contribution in [0, 0.1) is 0 Å². The van der Waals surface area contributed by atoms with Gasteiger partial charge in [0.2, 0.25) is 0 Å². The molecule has 0 N–H and O–H groups in total. The van der Waals surface area contributed by atoms with Gasteiger partial charge in [-0.25, -0.2) is 9.90 Å². The fraction of sp³-hybridized carbons (Fsp3) is 0.450. The maximum atomic E-state index is 10.1. The standard InChI is InChI=1S/C20H29O2/c1-2-3-4-5-6-7-8-9-10-11-12-13-14-15-16-17-18-19-20(21)22/h10-19H,2-9H2,1H3/b11-10+,13-12+,15-14+,17-16+,19-18+. The molecule has 0 rings (SSSR count). The lowest BCUT2D eigenvalue weighted by atomic mass is 10.1. The average Bonchev–Trinajstić information content (AvgIpc) is 2.50. The molecule has 22 heavy (non-hydrogen) atoms. The Kier molecular flexibility index (Phi) is 15.8. The molecule has 0 bridgehead atoms. The third-order valence-electron chi connectivity index (χ3n) is 3.12. The summed E-state index contributed by atoms with van der Waals surface area (Å²) < 4.78 is 0. The second kappa shape index (κ2) is 17.2. The molecule has 0 spiro atoms. The molecule has 0 fully saturated rings. The second-order valence-electron chi connectivity index (χ2n) is 5.17. The number of carbonyl (C=O) groups excluding carboxylic acids is 1. The van der Waals surface area contributed by atoms with Gasteiger partial charge in [-0.05, 0) is 12.8 Å². The lowest BCUT2D eigenvalue weighted by Gasteiger charge is -1.98. The smallest absolute Gasteiger partial charge is 0.242 e. The monoisotopic (exact) mass is 301 g/mol. The molecule has 0 aromatic carbocycles. The van der Waals surface area contributed by atoms with Gasteiger partial charge in [-0.1, -0.05) is 100 Å². The van der Waals surface area contributed by atoms with Gasteiger partial charge in [0, 0.05) is 6.08 Å². The zero-order chi connectivity index (χ0) is 16.3. The Labute approximate surface area is 135 Å². The lowest BCUT2D eigenvalue weighted by Crippen LogP contribution is -1.80. The van der Waals surface area contributed by atoms with Crippen molar-refractivity contribution in [1.82, 2.24) is 0 Å². The van der Waals surface area contributed by atoms with E-state index < -0.39 is 5.97 Å². The Morgan fingerprint density at radius 2 is 1.18 bits per heavy atom. The van der Waals surface area contributed by atoms with Gasteiger partial charge >= 0.3 is 5.97 Å². The summed E-state index contributed by atoms with van der Waals surface area (Å²) in [5.41, 5.74) is 0. The molecule has 1 radical (unpaired) electrons. The molecule has 121 valence electrons. The highest BCUT2D eigenvalue weighted by molar-refractivity contribution is 5.79. The highest BCUT2D eigenvalue weighted by Crippen LogP contribution is 2.08. The summed E-state index contributed by atoms with van der Waals surface area (Å²) in [6.45, 7) is 2.25. The van der Waals surface area contributed by atoms with Gasteiger partial charge in [0.1, 0.15) is 0 Å². The molecule has 0 aliphatic carbocycles. The first kappa shape index (κ1) is 20.2. The van der Waals surface area contributed by atoms with E-state index in [-0.39, 0.29) is 0 Å². The minimum absolute atomic E-state index is 0.993. The molecule has 0 unspecified atom stereocenters. The van der Waals surface area contributed by atoms with Gasteiger partial charge in [0.25, 0.3) is 0 Å². The Hall–Kier alpha value is -1.83. The summed E-state index contributed by atoms with van der Waals surface area (Å²) in [6, 6.07) is 0. The molecule has 0 saturated heterocycles. The van der Waals surface area contributed by atoms with Crippen molar-refractivity contribution in [3.05, 3.63) is 60.8 Å². The summed E-state index contributed by atoms with van der Waals surface area (Å²) in [4.78, 5) is 10.1. The van der Waals surface area contributed by atoms with Crippen LogP contribution in [-0.4, -0.2) is 5.97 Å². The van der Waals surface area contributed by atoms with Crippen LogP contribution in [0.1, 0.15) is 58.3 Å². The van der Waals surface area contributed by atoms with E-state index in [9.17, 15) is 9.90 Å². The van der Waals surface area contributed by atoms with E-state index in [1.807, 2.05) is 24.3 Å². The topological polar surface area (TPSA) is 37.0 Å². The van der Waals surface area contributed by atoms with Crippen LogP contribution in [0.25, 0.3) is 0 Å². The summed E-state index contributed by atoms with van der Waals surface area (Å²) >= 11 is 0. The number of rotatable bonds is 13. The van der Waals surface area contributed by atoms with Crippen molar-refractivity contribution >= 4 is 5.97 Å². The molecular weight excluding hydrogens is 272 g/mol. The summed E-state index contributed by atoms with van der Waals surface area (Å²) in [5, 5.41) is 10.1. The molecule has 0 saturated carbocycles. The van der Waals surface area contributed by atoms with Gasteiger partial charge in [0.05, 0.1) is 0 Å². The van der Waals surface area contributed by atoms with Crippen molar-refractivity contribution in [3.63, 3.8) is 0 Å². The summed E-state index contributed by atoms with van der Waals surface area (Å²) in [6.07, 6.45) is 28.4. The third kappa shape index (κ3) is 18.2. The van der Waals surface area contributed by atoms with Crippen LogP contribution in [-0.2, 0) is 9.90 Å². The molecule has 0 heterocycles. The van der Waals surface area contributed by atoms with Crippen molar-refractivity contribution in [3.8, 4) is 0 Å². The number of hydrogen-bond donors (Lipinski definition) is 0. The minimum atomic E-state index is -1.18. The predicted octanol–water partition coefficient (Wildman–Crippen LogP) is 5.87. The normalized spacial score (nSPS) is 12.8. The largest absolute Gasteiger partial charge is 0.379 e. The zero-order valence-electron chi connectivity index (χ0n) is 13.7. The Bertz CT molecular complexity index is 398. The maximum Gasteiger partial charge on any atom is 0.379 e. The van der Waals surface area contributed by atoms with Gasteiger partial charge in [0.15, 0.2) is 0 Å². The molecule has 0 aliphatic heterocycles. The van der Waals surface area contributed by atoms with E-state index in [4.69, 9.17) is 0 Å². The van der Waals surface area contributed by atoms with E-state index in [1.165, 1.54) is 51.0 Å². The van der Waals surface area contributed by atoms with E-state index in [1.54, 1.807) is 12.2 Å². The number of carbonyl (C=O) groups is 1. The Morgan fingerprint density at radius 1 is 0.682 bits per heavy atom. The SMILES string of the molecule is CCCCCCCCC/C=C/C=C/C=C/C=C/C=C/C([O])=O. The fourth-order valence-corrected chi connectivity index (χ4v) is 1.91. The summed E-state index contributed by atoms with van der Waals surface area (Å²) in [7, 11) is 0. The molecule has 0 aromatic rings. The van der Waals surface area contributed by atoms with Gasteiger partial charge in [-0.2, -0.15) is 0 Å². The predicted molar refractivity (Wildman–Crippen MR) is 94.0 cm³/mol. The Morgan fingerprint density at radius 3 is 1.77 bits per heavy atom. The molecule has 0 amide bonds. The van der Waals surface area contributed by atoms with Crippen LogP contribution in [0.2, 0.25) is 0 Å². The van der Waals surface area contributed by atoms with Crippen molar-refractivity contribution in [2.75, 3.05) is 0 Å². The fourth-order valence-electron chi connectivity index (χ4n) is 1.91. The van der Waals surface area contributed by atoms with Crippen LogP contribution in [0.5, 0.6) is 0 Å². The minimum Gasteiger partial charge on any atom is -0.242 e. The molecular formula is C20H29O2. The summed E-state index contributed by atoms with van der Waals surface area (Å²) in [5.74, 6) is -1.18. The average molecular weight is 301 g/mol. The maximum absolute atomic E-state index is 10.1. The highest BCUT2D eigenvalue weighted by atomic mass is 16.4.